The molecular weight excluding hydrogens is 208 g/mol. The van der Waals surface area contributed by atoms with E-state index >= 15 is 0 Å². The summed E-state index contributed by atoms with van der Waals surface area (Å²) in [6.45, 7) is 11.4. The second kappa shape index (κ2) is 6.19. The van der Waals surface area contributed by atoms with Crippen molar-refractivity contribution >= 4 is 0 Å². The van der Waals surface area contributed by atoms with Gasteiger partial charge in [0, 0.05) is 0 Å². The van der Waals surface area contributed by atoms with Crippen molar-refractivity contribution in [2.24, 2.45) is 11.3 Å². The van der Waals surface area contributed by atoms with E-state index in [-0.39, 0.29) is 0 Å². The van der Waals surface area contributed by atoms with Crippen molar-refractivity contribution < 1.29 is 0 Å². The highest BCUT2D eigenvalue weighted by molar-refractivity contribution is 4.77. The van der Waals surface area contributed by atoms with Crippen LogP contribution in [-0.2, 0) is 0 Å². The molecule has 2 heteroatoms. The van der Waals surface area contributed by atoms with E-state index in [9.17, 15) is 0 Å². The summed E-state index contributed by atoms with van der Waals surface area (Å²) in [5.41, 5.74) is 0.587. The molecule has 0 aromatic rings. The van der Waals surface area contributed by atoms with Crippen LogP contribution in [0.15, 0.2) is 0 Å². The Kier molecular flexibility index (Phi) is 4.87. The molecule has 1 atom stereocenters. The Bertz CT molecular complexity index is 219. The average molecular weight is 238 g/mol. The standard InChI is InChI=1S/C15H30N2/c1-15(2)7-4-11-17(12-8-15)10-3-5-14-6-9-16-13-14/h14,16H,3-13H2,1-2H3. The minimum Gasteiger partial charge on any atom is -0.316 e. The van der Waals surface area contributed by atoms with E-state index in [1.807, 2.05) is 0 Å². The van der Waals surface area contributed by atoms with Gasteiger partial charge in [-0.2, -0.15) is 0 Å². The van der Waals surface area contributed by atoms with Gasteiger partial charge in [0.25, 0.3) is 0 Å². The Hall–Kier alpha value is -0.0800. The van der Waals surface area contributed by atoms with E-state index in [1.165, 1.54) is 71.2 Å². The van der Waals surface area contributed by atoms with Crippen LogP contribution in [0.3, 0.4) is 0 Å². The molecule has 2 fully saturated rings. The molecule has 0 aromatic heterocycles. The lowest BCUT2D eigenvalue weighted by Gasteiger charge is -2.23. The molecule has 2 aliphatic heterocycles. The van der Waals surface area contributed by atoms with Gasteiger partial charge in [0.05, 0.1) is 0 Å². The lowest BCUT2D eigenvalue weighted by molar-refractivity contribution is 0.253. The van der Waals surface area contributed by atoms with E-state index in [4.69, 9.17) is 0 Å². The first-order valence-corrected chi connectivity index (χ1v) is 7.59. The summed E-state index contributed by atoms with van der Waals surface area (Å²) in [6.07, 6.45) is 8.46. The topological polar surface area (TPSA) is 15.3 Å². The largest absolute Gasteiger partial charge is 0.316 e. The Morgan fingerprint density at radius 3 is 2.88 bits per heavy atom. The maximum absolute atomic E-state index is 3.47. The van der Waals surface area contributed by atoms with Crippen molar-refractivity contribution in [1.82, 2.24) is 10.2 Å². The highest BCUT2D eigenvalue weighted by Gasteiger charge is 2.23. The Morgan fingerprint density at radius 2 is 2.12 bits per heavy atom. The van der Waals surface area contributed by atoms with Gasteiger partial charge in [-0.25, -0.2) is 0 Å². The van der Waals surface area contributed by atoms with Crippen molar-refractivity contribution in [3.05, 3.63) is 0 Å². The molecule has 0 aromatic carbocycles. The fourth-order valence-corrected chi connectivity index (χ4v) is 3.27. The van der Waals surface area contributed by atoms with Crippen LogP contribution >= 0.6 is 0 Å². The molecule has 1 N–H and O–H groups in total. The number of hydrogen-bond acceptors (Lipinski definition) is 2. The average Bonchev–Trinajstić information content (AvgIpc) is 2.72. The zero-order chi connectivity index (χ0) is 12.1. The van der Waals surface area contributed by atoms with Gasteiger partial charge in [0.15, 0.2) is 0 Å². The summed E-state index contributed by atoms with van der Waals surface area (Å²) >= 11 is 0. The molecular formula is C15H30N2. The first kappa shape index (κ1) is 13.4. The van der Waals surface area contributed by atoms with E-state index in [0.717, 1.165) is 5.92 Å². The predicted molar refractivity (Wildman–Crippen MR) is 74.3 cm³/mol. The zero-order valence-electron chi connectivity index (χ0n) is 11.8. The smallest absolute Gasteiger partial charge is 0.00136 e. The van der Waals surface area contributed by atoms with Gasteiger partial charge in [-0.05, 0) is 82.6 Å². The third kappa shape index (κ3) is 4.59. The van der Waals surface area contributed by atoms with Gasteiger partial charge in [-0.15, -0.1) is 0 Å². The first-order chi connectivity index (χ1) is 8.16. The van der Waals surface area contributed by atoms with E-state index in [0.29, 0.717) is 5.41 Å². The molecule has 2 aliphatic rings. The number of nitrogens with one attached hydrogen (secondary N) is 1. The molecule has 0 radical (unpaired) electrons. The second-order valence-electron chi connectivity index (χ2n) is 6.86. The lowest BCUT2D eigenvalue weighted by Crippen LogP contribution is -2.27. The predicted octanol–water partition coefficient (Wildman–Crippen LogP) is 2.89. The van der Waals surface area contributed by atoms with Crippen LogP contribution in [0.1, 0.15) is 52.4 Å². The van der Waals surface area contributed by atoms with Crippen LogP contribution in [0.4, 0.5) is 0 Å². The van der Waals surface area contributed by atoms with Gasteiger partial charge in [-0.1, -0.05) is 13.8 Å². The second-order valence-corrected chi connectivity index (χ2v) is 6.86. The van der Waals surface area contributed by atoms with E-state index in [1.54, 1.807) is 0 Å². The van der Waals surface area contributed by atoms with Crippen LogP contribution in [0, 0.1) is 11.3 Å². The Morgan fingerprint density at radius 1 is 1.24 bits per heavy atom. The van der Waals surface area contributed by atoms with Crippen molar-refractivity contribution in [2.45, 2.75) is 52.4 Å². The zero-order valence-corrected chi connectivity index (χ0v) is 11.8. The van der Waals surface area contributed by atoms with Crippen molar-refractivity contribution in [3.63, 3.8) is 0 Å². The quantitative estimate of drug-likeness (QED) is 0.810. The van der Waals surface area contributed by atoms with Crippen molar-refractivity contribution in [3.8, 4) is 0 Å². The molecule has 2 heterocycles. The van der Waals surface area contributed by atoms with Crippen LogP contribution < -0.4 is 5.32 Å². The number of likely N-dealkylation sites (tertiary alicyclic amines) is 1. The van der Waals surface area contributed by atoms with Crippen LogP contribution in [-0.4, -0.2) is 37.6 Å². The molecule has 17 heavy (non-hydrogen) atoms. The van der Waals surface area contributed by atoms with Crippen molar-refractivity contribution in [2.75, 3.05) is 32.7 Å². The highest BCUT2D eigenvalue weighted by atomic mass is 15.1. The van der Waals surface area contributed by atoms with Gasteiger partial charge < -0.3 is 10.2 Å². The maximum Gasteiger partial charge on any atom is -0.00136 e. The van der Waals surface area contributed by atoms with Gasteiger partial charge in [0.1, 0.15) is 0 Å². The van der Waals surface area contributed by atoms with E-state index < -0.39 is 0 Å². The molecule has 0 bridgehead atoms. The molecule has 1 unspecified atom stereocenters. The molecule has 100 valence electrons. The Balaban J connectivity index is 1.62. The normalized spacial score (nSPS) is 30.4. The SMILES string of the molecule is CC1(C)CCCN(CCCC2CCNC2)CC1. The maximum atomic E-state index is 3.47. The molecule has 0 spiro atoms. The molecule has 0 amide bonds. The summed E-state index contributed by atoms with van der Waals surface area (Å²) in [6, 6.07) is 0. The highest BCUT2D eigenvalue weighted by Crippen LogP contribution is 2.29. The fourth-order valence-electron chi connectivity index (χ4n) is 3.27. The van der Waals surface area contributed by atoms with Crippen molar-refractivity contribution in [1.29, 1.82) is 0 Å². The fraction of sp³-hybridized carbons (Fsp3) is 1.00. The minimum atomic E-state index is 0.587. The van der Waals surface area contributed by atoms with Gasteiger partial charge in [-0.3, -0.25) is 0 Å². The van der Waals surface area contributed by atoms with E-state index in [2.05, 4.69) is 24.1 Å². The van der Waals surface area contributed by atoms with Crippen LogP contribution in [0.2, 0.25) is 0 Å². The van der Waals surface area contributed by atoms with Crippen LogP contribution in [0.25, 0.3) is 0 Å². The molecule has 0 saturated carbocycles. The third-order valence-electron chi connectivity index (χ3n) is 4.68. The summed E-state index contributed by atoms with van der Waals surface area (Å²) in [5.74, 6) is 0.971. The number of rotatable bonds is 4. The lowest BCUT2D eigenvalue weighted by atomic mass is 9.85. The molecule has 0 aliphatic carbocycles. The summed E-state index contributed by atoms with van der Waals surface area (Å²) in [4.78, 5) is 2.71. The molecule has 2 saturated heterocycles. The molecule has 2 nitrogen and oxygen atoms in total. The Labute approximate surface area is 107 Å². The summed E-state index contributed by atoms with van der Waals surface area (Å²) < 4.78 is 0. The summed E-state index contributed by atoms with van der Waals surface area (Å²) in [5, 5.41) is 3.47. The monoisotopic (exact) mass is 238 g/mol. The third-order valence-corrected chi connectivity index (χ3v) is 4.68. The number of hydrogen-bond donors (Lipinski definition) is 1. The van der Waals surface area contributed by atoms with Gasteiger partial charge in [0.2, 0.25) is 0 Å². The molecule has 2 rings (SSSR count). The first-order valence-electron chi connectivity index (χ1n) is 7.59. The van der Waals surface area contributed by atoms with Gasteiger partial charge >= 0.3 is 0 Å². The number of nitrogens with zero attached hydrogens (tertiary/aromatic N) is 1. The van der Waals surface area contributed by atoms with Crippen LogP contribution in [0.5, 0.6) is 0 Å². The summed E-state index contributed by atoms with van der Waals surface area (Å²) in [7, 11) is 0. The minimum absolute atomic E-state index is 0.587.